The smallest absolute Gasteiger partial charge is 0.282 e. The summed E-state index contributed by atoms with van der Waals surface area (Å²) in [5.41, 5.74) is 5.55. The standard InChI is InChI=1S/C9H12N6O3S/c1-5-7(8(10)16)9(12-11-5)14-19(17,18)6-3-4-15(2)13-6/h3-4H,1-2H3,(H2,10,16)(H2,11,12,14). The number of nitrogens with zero attached hydrogens (tertiary/aromatic N) is 3. The van der Waals surface area contributed by atoms with Gasteiger partial charge in [-0.15, -0.1) is 0 Å². The lowest BCUT2D eigenvalue weighted by Crippen LogP contribution is -2.19. The van der Waals surface area contributed by atoms with Gasteiger partial charge in [0.1, 0.15) is 5.56 Å². The van der Waals surface area contributed by atoms with Crippen LogP contribution in [-0.4, -0.2) is 34.3 Å². The third-order valence-electron chi connectivity index (χ3n) is 2.39. The van der Waals surface area contributed by atoms with Crippen molar-refractivity contribution in [2.75, 3.05) is 4.72 Å². The minimum atomic E-state index is -3.91. The second kappa shape index (κ2) is 4.39. The van der Waals surface area contributed by atoms with Gasteiger partial charge in [-0.25, -0.2) is 0 Å². The molecule has 0 bridgehead atoms. The number of rotatable bonds is 4. The number of amides is 1. The Kier molecular flexibility index (Phi) is 3.02. The molecule has 1 amide bonds. The van der Waals surface area contributed by atoms with Crippen molar-refractivity contribution in [2.45, 2.75) is 11.9 Å². The van der Waals surface area contributed by atoms with Crippen molar-refractivity contribution in [1.82, 2.24) is 20.0 Å². The predicted octanol–water partition coefficient (Wildman–Crippen LogP) is -0.649. The molecule has 0 aromatic carbocycles. The van der Waals surface area contributed by atoms with Crippen molar-refractivity contribution in [2.24, 2.45) is 12.8 Å². The molecule has 0 aliphatic heterocycles. The Morgan fingerprint density at radius 2 is 2.21 bits per heavy atom. The normalized spacial score (nSPS) is 11.5. The molecule has 4 N–H and O–H groups in total. The van der Waals surface area contributed by atoms with Crippen LogP contribution in [0.15, 0.2) is 17.3 Å². The summed E-state index contributed by atoms with van der Waals surface area (Å²) in [4.78, 5) is 11.2. The third kappa shape index (κ3) is 2.42. The summed E-state index contributed by atoms with van der Waals surface area (Å²) >= 11 is 0. The van der Waals surface area contributed by atoms with E-state index in [1.165, 1.54) is 16.9 Å². The number of aryl methyl sites for hydroxylation is 2. The minimum Gasteiger partial charge on any atom is -0.365 e. The second-order valence-corrected chi connectivity index (χ2v) is 5.50. The topological polar surface area (TPSA) is 136 Å². The number of carbonyl (C=O) groups excluding carboxylic acids is 1. The molecule has 0 unspecified atom stereocenters. The van der Waals surface area contributed by atoms with Crippen molar-refractivity contribution in [3.05, 3.63) is 23.5 Å². The Balaban J connectivity index is 2.39. The van der Waals surface area contributed by atoms with Crippen molar-refractivity contribution in [3.8, 4) is 0 Å². The highest BCUT2D eigenvalue weighted by Gasteiger charge is 2.23. The maximum absolute atomic E-state index is 12.0. The number of H-pyrrole nitrogens is 1. The number of nitrogens with two attached hydrogens (primary N) is 1. The quantitative estimate of drug-likeness (QED) is 0.685. The van der Waals surface area contributed by atoms with Crippen LogP contribution in [0.3, 0.4) is 0 Å². The van der Waals surface area contributed by atoms with E-state index in [1.54, 1.807) is 14.0 Å². The Hall–Kier alpha value is -2.36. The van der Waals surface area contributed by atoms with Crippen LogP contribution in [0.5, 0.6) is 0 Å². The van der Waals surface area contributed by atoms with Crippen molar-refractivity contribution in [3.63, 3.8) is 0 Å². The van der Waals surface area contributed by atoms with E-state index in [4.69, 9.17) is 5.73 Å². The zero-order valence-electron chi connectivity index (χ0n) is 10.2. The van der Waals surface area contributed by atoms with Gasteiger partial charge in [0.15, 0.2) is 10.8 Å². The van der Waals surface area contributed by atoms with Crippen LogP contribution in [0.4, 0.5) is 5.82 Å². The average molecular weight is 284 g/mol. The lowest BCUT2D eigenvalue weighted by Gasteiger charge is -2.03. The van der Waals surface area contributed by atoms with Crippen LogP contribution in [0.1, 0.15) is 16.1 Å². The summed E-state index contributed by atoms with van der Waals surface area (Å²) in [6.45, 7) is 1.56. The van der Waals surface area contributed by atoms with Crippen LogP contribution in [-0.2, 0) is 17.1 Å². The van der Waals surface area contributed by atoms with Crippen LogP contribution in [0, 0.1) is 6.92 Å². The van der Waals surface area contributed by atoms with Crippen LogP contribution in [0.2, 0.25) is 0 Å². The second-order valence-electron chi connectivity index (χ2n) is 3.87. The summed E-state index contributed by atoms with van der Waals surface area (Å²) in [5, 5.41) is 9.80. The molecule has 9 nitrogen and oxygen atoms in total. The molecule has 0 atom stereocenters. The summed E-state index contributed by atoms with van der Waals surface area (Å²) in [7, 11) is -2.32. The van der Waals surface area contributed by atoms with E-state index in [0.29, 0.717) is 5.69 Å². The summed E-state index contributed by atoms with van der Waals surface area (Å²) < 4.78 is 27.5. The van der Waals surface area contributed by atoms with Gasteiger partial charge in [-0.2, -0.15) is 18.6 Å². The van der Waals surface area contributed by atoms with Gasteiger partial charge in [-0.3, -0.25) is 19.3 Å². The largest absolute Gasteiger partial charge is 0.365 e. The maximum atomic E-state index is 12.0. The van der Waals surface area contributed by atoms with Gasteiger partial charge in [0.25, 0.3) is 15.9 Å². The molecular weight excluding hydrogens is 272 g/mol. The first-order chi connectivity index (χ1) is 8.81. The first kappa shape index (κ1) is 13.1. The molecule has 102 valence electrons. The van der Waals surface area contributed by atoms with Crippen molar-refractivity contribution >= 4 is 21.7 Å². The number of aromatic amines is 1. The maximum Gasteiger partial charge on any atom is 0.282 e. The number of carbonyl (C=O) groups is 1. The lowest BCUT2D eigenvalue weighted by atomic mass is 10.2. The molecule has 0 radical (unpaired) electrons. The zero-order valence-corrected chi connectivity index (χ0v) is 11.0. The fourth-order valence-electron chi connectivity index (χ4n) is 1.52. The van der Waals surface area contributed by atoms with E-state index in [2.05, 4.69) is 20.0 Å². The first-order valence-electron chi connectivity index (χ1n) is 5.18. The Labute approximate surface area is 108 Å². The molecule has 2 aromatic heterocycles. The van der Waals surface area contributed by atoms with Crippen LogP contribution >= 0.6 is 0 Å². The van der Waals surface area contributed by atoms with Gasteiger partial charge in [0.2, 0.25) is 0 Å². The van der Waals surface area contributed by atoms with Crippen LogP contribution < -0.4 is 10.5 Å². The predicted molar refractivity (Wildman–Crippen MR) is 65.9 cm³/mol. The molecule has 2 rings (SSSR count). The molecule has 2 heterocycles. The highest BCUT2D eigenvalue weighted by Crippen LogP contribution is 2.18. The van der Waals surface area contributed by atoms with Gasteiger partial charge >= 0.3 is 0 Å². The molecule has 0 aliphatic carbocycles. The molecule has 10 heteroatoms. The van der Waals surface area contributed by atoms with Gasteiger partial charge in [0.05, 0.1) is 0 Å². The number of sulfonamides is 1. The number of nitrogens with one attached hydrogen (secondary N) is 2. The lowest BCUT2D eigenvalue weighted by molar-refractivity contribution is 0.100. The number of aromatic nitrogens is 4. The minimum absolute atomic E-state index is 0.000457. The molecule has 19 heavy (non-hydrogen) atoms. The number of anilines is 1. The molecule has 0 saturated heterocycles. The van der Waals surface area contributed by atoms with E-state index < -0.39 is 15.9 Å². The summed E-state index contributed by atoms with van der Waals surface area (Å²) in [6.07, 6.45) is 1.49. The first-order valence-corrected chi connectivity index (χ1v) is 6.67. The summed E-state index contributed by atoms with van der Waals surface area (Å²) in [6, 6.07) is 1.33. The number of hydrogen-bond donors (Lipinski definition) is 3. The Morgan fingerprint density at radius 3 is 2.74 bits per heavy atom. The number of primary amides is 1. The van der Waals surface area contributed by atoms with Gasteiger partial charge in [-0.1, -0.05) is 0 Å². The highest BCUT2D eigenvalue weighted by atomic mass is 32.2. The number of hydrogen-bond acceptors (Lipinski definition) is 5. The molecular formula is C9H12N6O3S. The van der Waals surface area contributed by atoms with E-state index in [0.717, 1.165) is 0 Å². The average Bonchev–Trinajstić information content (AvgIpc) is 2.85. The van der Waals surface area contributed by atoms with Gasteiger partial charge < -0.3 is 5.73 Å². The fourth-order valence-corrected chi connectivity index (χ4v) is 2.50. The molecule has 2 aromatic rings. The molecule has 0 spiro atoms. The van der Waals surface area contributed by atoms with Crippen molar-refractivity contribution in [1.29, 1.82) is 0 Å². The molecule has 0 aliphatic rings. The van der Waals surface area contributed by atoms with Gasteiger partial charge in [-0.05, 0) is 13.0 Å². The monoisotopic (exact) mass is 284 g/mol. The van der Waals surface area contributed by atoms with E-state index in [9.17, 15) is 13.2 Å². The zero-order chi connectivity index (χ0) is 14.2. The van der Waals surface area contributed by atoms with E-state index in [-0.39, 0.29) is 16.4 Å². The summed E-state index contributed by atoms with van der Waals surface area (Å²) in [5.74, 6) is -0.916. The van der Waals surface area contributed by atoms with Crippen LogP contribution in [0.25, 0.3) is 0 Å². The Morgan fingerprint density at radius 1 is 1.53 bits per heavy atom. The fraction of sp³-hybridized carbons (Fsp3) is 0.222. The SMILES string of the molecule is Cc1[nH]nc(NS(=O)(=O)c2ccn(C)n2)c1C(N)=O. The molecule has 0 saturated carbocycles. The Bertz CT molecular complexity index is 729. The van der Waals surface area contributed by atoms with Gasteiger partial charge in [0, 0.05) is 18.9 Å². The van der Waals surface area contributed by atoms with Crippen molar-refractivity contribution < 1.29 is 13.2 Å². The highest BCUT2D eigenvalue weighted by molar-refractivity contribution is 7.92. The van der Waals surface area contributed by atoms with E-state index in [1.807, 2.05) is 0 Å². The molecule has 0 fully saturated rings. The third-order valence-corrected chi connectivity index (χ3v) is 3.62. The van der Waals surface area contributed by atoms with E-state index >= 15 is 0 Å².